The van der Waals surface area contributed by atoms with Crippen molar-refractivity contribution in [2.24, 2.45) is 5.73 Å². The van der Waals surface area contributed by atoms with Crippen molar-refractivity contribution < 1.29 is 9.21 Å². The first kappa shape index (κ1) is 13.3. The summed E-state index contributed by atoms with van der Waals surface area (Å²) in [5, 5.41) is 2.88. The maximum absolute atomic E-state index is 12.0. The van der Waals surface area contributed by atoms with Crippen LogP contribution < -0.4 is 11.1 Å². The summed E-state index contributed by atoms with van der Waals surface area (Å²) in [5.41, 5.74) is 6.73. The molecule has 100 valence electrons. The lowest BCUT2D eigenvalue weighted by Gasteiger charge is -2.12. The lowest BCUT2D eigenvalue weighted by atomic mass is 10.1. The number of benzene rings is 1. The molecule has 0 spiro atoms. The zero-order valence-corrected chi connectivity index (χ0v) is 10.8. The Morgan fingerprint density at radius 3 is 2.84 bits per heavy atom. The second-order valence-corrected chi connectivity index (χ2v) is 4.27. The Kier molecular flexibility index (Phi) is 4.30. The van der Waals surface area contributed by atoms with E-state index in [1.54, 1.807) is 0 Å². The summed E-state index contributed by atoms with van der Waals surface area (Å²) < 4.78 is 5.16. The summed E-state index contributed by atoms with van der Waals surface area (Å²) >= 11 is 0. The van der Waals surface area contributed by atoms with Crippen LogP contribution >= 0.6 is 0 Å². The Hall–Kier alpha value is -2.14. The van der Waals surface area contributed by atoms with Crippen molar-refractivity contribution in [2.75, 3.05) is 6.54 Å². The van der Waals surface area contributed by atoms with Crippen LogP contribution in [0.25, 0.3) is 0 Å². The van der Waals surface area contributed by atoms with Crippen LogP contribution in [0, 0.1) is 0 Å². The zero-order valence-electron chi connectivity index (χ0n) is 10.8. The van der Waals surface area contributed by atoms with E-state index in [4.69, 9.17) is 10.2 Å². The molecule has 2 aromatic rings. The number of amides is 1. The van der Waals surface area contributed by atoms with E-state index in [1.165, 1.54) is 6.26 Å². The molecule has 0 aliphatic rings. The smallest absolute Gasteiger partial charge is 0.273 e. The maximum atomic E-state index is 12.0. The highest BCUT2D eigenvalue weighted by Gasteiger charge is 2.15. The number of aromatic nitrogens is 1. The minimum absolute atomic E-state index is 0.0802. The van der Waals surface area contributed by atoms with Gasteiger partial charge in [0.15, 0.2) is 11.6 Å². The molecule has 0 radical (unpaired) electrons. The quantitative estimate of drug-likeness (QED) is 0.855. The largest absolute Gasteiger partial charge is 0.448 e. The van der Waals surface area contributed by atoms with E-state index in [0.717, 1.165) is 5.56 Å². The minimum Gasteiger partial charge on any atom is -0.448 e. The number of hydrogen-bond donors (Lipinski definition) is 2. The number of hydrogen-bond acceptors (Lipinski definition) is 4. The molecule has 2 rings (SSSR count). The van der Waals surface area contributed by atoms with Crippen LogP contribution in [0.15, 0.2) is 41.0 Å². The van der Waals surface area contributed by atoms with E-state index < -0.39 is 0 Å². The summed E-state index contributed by atoms with van der Waals surface area (Å²) in [6.45, 7) is 2.37. The first-order valence-electron chi connectivity index (χ1n) is 6.21. The van der Waals surface area contributed by atoms with Crippen molar-refractivity contribution in [1.29, 1.82) is 0 Å². The van der Waals surface area contributed by atoms with Crippen LogP contribution in [-0.2, 0) is 6.42 Å². The normalized spacial score (nSPS) is 12.1. The van der Waals surface area contributed by atoms with E-state index in [0.29, 0.717) is 18.9 Å². The Bertz CT molecular complexity index is 537. The van der Waals surface area contributed by atoms with Crippen molar-refractivity contribution in [3.8, 4) is 0 Å². The van der Waals surface area contributed by atoms with Crippen LogP contribution in [0.3, 0.4) is 0 Å². The molecule has 3 N–H and O–H groups in total. The molecule has 1 aromatic heterocycles. The van der Waals surface area contributed by atoms with Crippen LogP contribution in [-0.4, -0.2) is 17.4 Å². The van der Waals surface area contributed by atoms with Gasteiger partial charge in [-0.3, -0.25) is 4.79 Å². The van der Waals surface area contributed by atoms with Gasteiger partial charge in [0.2, 0.25) is 0 Å². The number of rotatable bonds is 5. The van der Waals surface area contributed by atoms with Gasteiger partial charge in [0.05, 0.1) is 6.04 Å². The summed E-state index contributed by atoms with van der Waals surface area (Å²) in [5.74, 6) is 0.239. The number of carbonyl (C=O) groups excluding carboxylic acids is 1. The summed E-state index contributed by atoms with van der Waals surface area (Å²) in [6, 6.07) is 9.67. The molecule has 0 fully saturated rings. The third-order valence-corrected chi connectivity index (χ3v) is 2.79. The molecule has 0 saturated heterocycles. The summed E-state index contributed by atoms with van der Waals surface area (Å²) in [7, 11) is 0. The molecule has 5 nitrogen and oxygen atoms in total. The van der Waals surface area contributed by atoms with Crippen molar-refractivity contribution in [3.05, 3.63) is 53.7 Å². The van der Waals surface area contributed by atoms with Gasteiger partial charge >= 0.3 is 0 Å². The number of carbonyl (C=O) groups is 1. The zero-order chi connectivity index (χ0) is 13.7. The van der Waals surface area contributed by atoms with Crippen molar-refractivity contribution in [3.63, 3.8) is 0 Å². The van der Waals surface area contributed by atoms with Crippen molar-refractivity contribution in [2.45, 2.75) is 19.4 Å². The van der Waals surface area contributed by atoms with Gasteiger partial charge in [-0.1, -0.05) is 30.3 Å². The van der Waals surface area contributed by atoms with Gasteiger partial charge in [0.1, 0.15) is 6.26 Å². The first-order valence-corrected chi connectivity index (χ1v) is 6.21. The van der Waals surface area contributed by atoms with E-state index in [2.05, 4.69) is 10.3 Å². The van der Waals surface area contributed by atoms with E-state index in [1.807, 2.05) is 37.3 Å². The molecule has 1 atom stereocenters. The number of nitrogens with zero attached hydrogens (tertiary/aromatic N) is 1. The Labute approximate surface area is 111 Å². The molecule has 19 heavy (non-hydrogen) atoms. The Morgan fingerprint density at radius 1 is 1.42 bits per heavy atom. The van der Waals surface area contributed by atoms with Gasteiger partial charge in [-0.05, 0) is 12.5 Å². The van der Waals surface area contributed by atoms with Crippen LogP contribution in [0.2, 0.25) is 0 Å². The van der Waals surface area contributed by atoms with E-state index in [-0.39, 0.29) is 17.6 Å². The monoisotopic (exact) mass is 259 g/mol. The fourth-order valence-electron chi connectivity index (χ4n) is 1.75. The van der Waals surface area contributed by atoms with Gasteiger partial charge in [-0.25, -0.2) is 4.98 Å². The van der Waals surface area contributed by atoms with Crippen LogP contribution in [0.4, 0.5) is 0 Å². The van der Waals surface area contributed by atoms with Crippen molar-refractivity contribution >= 4 is 5.91 Å². The highest BCUT2D eigenvalue weighted by Crippen LogP contribution is 2.12. The number of nitrogens with one attached hydrogen (secondary N) is 1. The molecule has 0 aliphatic heterocycles. The third-order valence-electron chi connectivity index (χ3n) is 2.79. The third kappa shape index (κ3) is 3.42. The molecular formula is C14H17N3O2. The predicted octanol–water partition coefficient (Wildman–Crippen LogP) is 1.67. The Balaban J connectivity index is 2.00. The molecule has 1 amide bonds. The summed E-state index contributed by atoms with van der Waals surface area (Å²) in [4.78, 5) is 16.1. The first-order chi connectivity index (χ1) is 9.20. The maximum Gasteiger partial charge on any atom is 0.273 e. The molecule has 5 heteroatoms. The topological polar surface area (TPSA) is 81.2 Å². The minimum atomic E-state index is -0.247. The van der Waals surface area contributed by atoms with Gasteiger partial charge in [0, 0.05) is 13.0 Å². The second-order valence-electron chi connectivity index (χ2n) is 4.27. The van der Waals surface area contributed by atoms with E-state index >= 15 is 0 Å². The highest BCUT2D eigenvalue weighted by atomic mass is 16.3. The van der Waals surface area contributed by atoms with Gasteiger partial charge in [0.25, 0.3) is 5.91 Å². The Morgan fingerprint density at radius 2 is 2.16 bits per heavy atom. The summed E-state index contributed by atoms with van der Waals surface area (Å²) in [6.07, 6.45) is 1.89. The lowest BCUT2D eigenvalue weighted by Crippen LogP contribution is -2.26. The SMILES string of the molecule is CC(NC(=O)c1coc(CCN)n1)c1ccccc1. The molecule has 1 heterocycles. The number of oxazole rings is 1. The fraction of sp³-hybridized carbons (Fsp3) is 0.286. The fourth-order valence-corrected chi connectivity index (χ4v) is 1.75. The van der Waals surface area contributed by atoms with Gasteiger partial charge < -0.3 is 15.5 Å². The highest BCUT2D eigenvalue weighted by molar-refractivity contribution is 5.92. The molecule has 0 bridgehead atoms. The van der Waals surface area contributed by atoms with Gasteiger partial charge in [-0.15, -0.1) is 0 Å². The standard InChI is InChI=1S/C14H17N3O2/c1-10(11-5-3-2-4-6-11)16-14(18)12-9-19-13(17-12)7-8-15/h2-6,9-10H,7-8,15H2,1H3,(H,16,18). The molecule has 1 aromatic carbocycles. The molecule has 0 aliphatic carbocycles. The van der Waals surface area contributed by atoms with Gasteiger partial charge in [-0.2, -0.15) is 0 Å². The predicted molar refractivity (Wildman–Crippen MR) is 71.6 cm³/mol. The molecule has 0 saturated carbocycles. The second kappa shape index (κ2) is 6.15. The molecule has 1 unspecified atom stereocenters. The molecular weight excluding hydrogens is 242 g/mol. The van der Waals surface area contributed by atoms with E-state index in [9.17, 15) is 4.79 Å². The lowest BCUT2D eigenvalue weighted by molar-refractivity contribution is 0.0935. The van der Waals surface area contributed by atoms with Crippen molar-refractivity contribution in [1.82, 2.24) is 10.3 Å². The van der Waals surface area contributed by atoms with Crippen LogP contribution in [0.1, 0.15) is 34.9 Å². The van der Waals surface area contributed by atoms with Crippen LogP contribution in [0.5, 0.6) is 0 Å². The average Bonchev–Trinajstić information content (AvgIpc) is 2.89. The average molecular weight is 259 g/mol. The number of nitrogens with two attached hydrogens (primary N) is 1.